The van der Waals surface area contributed by atoms with Gasteiger partial charge in [0.25, 0.3) is 0 Å². The molecular weight excluding hydrogens is 1880 g/mol. The molecule has 0 aliphatic carbocycles. The van der Waals surface area contributed by atoms with Crippen molar-refractivity contribution in [3.8, 4) is 116 Å². The predicted molar refractivity (Wildman–Crippen MR) is 559 cm³/mol. The zero-order valence-electron chi connectivity index (χ0n) is 84.8. The highest BCUT2D eigenvalue weighted by Crippen LogP contribution is 2.41. The Morgan fingerprint density at radius 2 is 0.608 bits per heavy atom. The minimum absolute atomic E-state index is 0.0625. The molecule has 6 N–H and O–H groups in total. The number of aromatic nitrogens is 12. The highest BCUT2D eigenvalue weighted by molar-refractivity contribution is 5.73. The van der Waals surface area contributed by atoms with E-state index in [1.165, 1.54) is 25.3 Å². The molecule has 8 saturated heterocycles. The van der Waals surface area contributed by atoms with Crippen LogP contribution in [0.2, 0.25) is 0 Å². The van der Waals surface area contributed by atoms with Crippen LogP contribution < -0.4 is 69.8 Å². The van der Waals surface area contributed by atoms with Crippen molar-refractivity contribution in [3.63, 3.8) is 0 Å². The maximum atomic E-state index is 9.74. The summed E-state index contributed by atoms with van der Waals surface area (Å²) in [5, 5.41) is 59.0. The van der Waals surface area contributed by atoms with Gasteiger partial charge in [0.2, 0.25) is 23.5 Å². The predicted octanol–water partition coefficient (Wildman–Crippen LogP) is 16.8. The van der Waals surface area contributed by atoms with Crippen LogP contribution in [-0.2, 0) is 25.5 Å². The molecule has 0 radical (unpaired) electrons. The van der Waals surface area contributed by atoms with E-state index >= 15 is 0 Å². The fourth-order valence-corrected chi connectivity index (χ4v) is 19.2. The number of likely N-dealkylation sites (tertiary alicyclic amines) is 3. The molecule has 12 aromatic rings. The van der Waals surface area contributed by atoms with Crippen molar-refractivity contribution in [1.82, 2.24) is 85.1 Å². The summed E-state index contributed by atoms with van der Waals surface area (Å²) in [7, 11) is 13.1. The lowest BCUT2D eigenvalue weighted by molar-refractivity contribution is 0.0252. The molecule has 148 heavy (non-hydrogen) atoms. The number of piperidine rings is 3. The lowest BCUT2D eigenvalue weighted by atomic mass is 9.90. The number of likely N-dealkylation sites (N-methyl/N-ethyl adjacent to an activating group) is 1. The van der Waals surface area contributed by atoms with Gasteiger partial charge in [-0.2, -0.15) is 41.0 Å². The summed E-state index contributed by atoms with van der Waals surface area (Å²) < 4.78 is 68.3. The van der Waals surface area contributed by atoms with Crippen LogP contribution in [0, 0.1) is 45.3 Å². The molecule has 37 nitrogen and oxygen atoms in total. The van der Waals surface area contributed by atoms with Crippen LogP contribution in [-0.4, -0.2) is 260 Å². The maximum absolute atomic E-state index is 9.74. The molecule has 1 atom stereocenters. The largest absolute Gasteiger partial charge is 0.489 e. The highest BCUT2D eigenvalue weighted by Gasteiger charge is 2.30. The van der Waals surface area contributed by atoms with E-state index < -0.39 is 0 Å². The maximum Gasteiger partial charge on any atom is 0.219 e. The number of ether oxygens (including phenoxy) is 12. The summed E-state index contributed by atoms with van der Waals surface area (Å²) in [6.45, 7) is 14.6. The fraction of sp³-hybridized carbons (Fsp3) is 0.423. The number of nitrogens with one attached hydrogen (secondary N) is 6. The van der Waals surface area contributed by atoms with Crippen molar-refractivity contribution in [2.45, 2.75) is 151 Å². The average Bonchev–Trinajstić information content (AvgIpc) is 1.46. The average molecular weight is 2000 g/mol. The first-order valence-electron chi connectivity index (χ1n) is 50.8. The van der Waals surface area contributed by atoms with Gasteiger partial charge in [0, 0.05) is 145 Å². The molecule has 0 saturated carbocycles. The molecule has 20 rings (SSSR count). The van der Waals surface area contributed by atoms with Crippen molar-refractivity contribution in [1.29, 1.82) is 21.0 Å². The first-order chi connectivity index (χ1) is 72.6. The number of pyridine rings is 4. The quantitative estimate of drug-likeness (QED) is 0.0243. The van der Waals surface area contributed by atoms with Crippen molar-refractivity contribution < 1.29 is 56.8 Å². The second-order valence-electron chi connectivity index (χ2n) is 37.7. The number of hydrogen-bond donors (Lipinski definition) is 6. The van der Waals surface area contributed by atoms with Crippen LogP contribution in [0.25, 0.3) is 45.0 Å². The Hall–Kier alpha value is -15.0. The highest BCUT2D eigenvalue weighted by atomic mass is 16.5. The third-order valence-corrected chi connectivity index (χ3v) is 27.6. The van der Waals surface area contributed by atoms with Crippen LogP contribution in [0.3, 0.4) is 0 Å². The van der Waals surface area contributed by atoms with Gasteiger partial charge in [-0.1, -0.05) is 0 Å². The van der Waals surface area contributed by atoms with Gasteiger partial charge in [0.05, 0.1) is 126 Å². The van der Waals surface area contributed by atoms with Crippen LogP contribution in [0.5, 0.6) is 46.5 Å². The zero-order chi connectivity index (χ0) is 102. The molecule has 8 aromatic heterocycles. The van der Waals surface area contributed by atoms with E-state index in [0.29, 0.717) is 221 Å². The van der Waals surface area contributed by atoms with Gasteiger partial charge >= 0.3 is 0 Å². The first kappa shape index (κ1) is 104. The van der Waals surface area contributed by atoms with Gasteiger partial charge in [-0.05, 0) is 245 Å². The third kappa shape index (κ3) is 28.4. The molecule has 1 unspecified atom stereocenters. The monoisotopic (exact) mass is 2000 g/mol. The summed E-state index contributed by atoms with van der Waals surface area (Å²) in [6.07, 6.45) is 20.6. The van der Waals surface area contributed by atoms with Gasteiger partial charge in [-0.3, -0.25) is 0 Å². The van der Waals surface area contributed by atoms with Crippen LogP contribution >= 0.6 is 0 Å². The Morgan fingerprint density at radius 1 is 0.318 bits per heavy atom. The second kappa shape index (κ2) is 52.4. The Balaban J connectivity index is 0.000000135. The lowest BCUT2D eigenvalue weighted by Gasteiger charge is -2.29. The second-order valence-corrected chi connectivity index (χ2v) is 37.7. The molecule has 16 heterocycles. The number of anilines is 8. The van der Waals surface area contributed by atoms with E-state index in [9.17, 15) is 21.0 Å². The summed E-state index contributed by atoms with van der Waals surface area (Å²) in [5.41, 5.74) is 12.3. The molecule has 768 valence electrons. The molecule has 0 bridgehead atoms. The number of nitriles is 4. The molecule has 8 aliphatic rings. The van der Waals surface area contributed by atoms with E-state index in [4.69, 9.17) is 61.8 Å². The summed E-state index contributed by atoms with van der Waals surface area (Å²) in [5.74, 6) is 11.1. The molecular formula is C111H127N25O12. The number of hydrogen-bond acceptors (Lipinski definition) is 37. The molecule has 0 amide bonds. The topological polar surface area (TPSA) is 442 Å². The SMILES string of the molecule is COc1nc(Nc2cc(-c3ccc(OC4CCOCC4)c(C#N)c3)ncn2)ccc1C1CCN(C)C1.COc1nc(Nc2cc(-c3ccc(OC4CCOCC4)c(C#N)c3)ncn2)ccc1C1CCN(C)CC1.COc1nc(Nc2cc(-c3ccc(OC4CCOCC4)c(C#N)c3)ncn2)ccc1C1CCNCC1.COc1nc(Nc2cc(-c3ccc(OC4CCOCC4)c(C#N)c3)ncn2)ccc1CNC1CCN(C)CC1. The lowest BCUT2D eigenvalue weighted by Crippen LogP contribution is -2.40. The standard InChI is InChI=1S/C29H35N7O3.C28H32N6O3.2C27H30N6O3/c1-36-11-7-23(8-12-36)31-18-21-4-6-27(35-29(21)37-2)34-28-16-25(32-19-33-28)20-3-5-26(22(15-20)17-30)39-24-9-13-38-14-10-24;1-34-11-7-19(8-12-34)23-4-6-26(33-28(23)35-2)32-27-16-24(30-18-31-27)20-3-5-25(21(15-20)17-29)37-22-9-13-36-14-10-22;1-33-10-7-19(16-33)22-4-6-25(32-27(22)34-2)31-26-14-23(29-17-30-26)18-3-5-24(20(13-18)15-28)36-21-8-11-35-12-9-21;1-34-27-22(18-6-10-29-11-7-18)3-5-25(33-27)32-26-15-23(30-17-31-26)19-2-4-24(20(14-19)16-28)36-21-8-12-35-13-9-21/h3-6,15-16,19,23-24,31H,7-14,18H2,1-2H3,(H,32,33,34,35);3-6,15-16,18-19,22H,7-14H2,1-2H3,(H,30,31,32,33);3-6,13-14,17,19,21H,7-12,16H2,1-2H3,(H,29,30,31,32);2-5,14-15,17-18,21,29H,6-13H2,1H3,(H,30,31,32,33). The number of nitrogens with zero attached hydrogens (tertiary/aromatic N) is 19. The number of benzene rings is 4. The van der Waals surface area contributed by atoms with Crippen LogP contribution in [0.4, 0.5) is 46.5 Å². The van der Waals surface area contributed by atoms with Gasteiger partial charge in [0.15, 0.2) is 0 Å². The molecule has 0 spiro atoms. The van der Waals surface area contributed by atoms with Crippen molar-refractivity contribution in [2.75, 3.05) is 176 Å². The molecule has 8 aliphatic heterocycles. The van der Waals surface area contributed by atoms with E-state index in [-0.39, 0.29) is 24.4 Å². The van der Waals surface area contributed by atoms with Crippen LogP contribution in [0.15, 0.2) is 171 Å². The van der Waals surface area contributed by atoms with E-state index in [0.717, 1.165) is 193 Å². The Kier molecular flexibility index (Phi) is 36.9. The fourth-order valence-electron chi connectivity index (χ4n) is 19.2. The molecule has 8 fully saturated rings. The summed E-state index contributed by atoms with van der Waals surface area (Å²) >= 11 is 0. The minimum atomic E-state index is 0.0625. The van der Waals surface area contributed by atoms with Crippen molar-refractivity contribution in [3.05, 3.63) is 215 Å². The van der Waals surface area contributed by atoms with E-state index in [1.807, 2.05) is 103 Å². The van der Waals surface area contributed by atoms with Gasteiger partial charge < -0.3 is 103 Å². The van der Waals surface area contributed by atoms with Crippen LogP contribution in [0.1, 0.15) is 159 Å². The summed E-state index contributed by atoms with van der Waals surface area (Å²) in [4.78, 5) is 60.8. The number of rotatable bonds is 30. The summed E-state index contributed by atoms with van der Waals surface area (Å²) in [6, 6.07) is 55.2. The Bertz CT molecular complexity index is 6440. The van der Waals surface area contributed by atoms with Gasteiger partial charge in [0.1, 0.15) is 144 Å². The Labute approximate surface area is 863 Å². The minimum Gasteiger partial charge on any atom is -0.489 e. The van der Waals surface area contributed by atoms with Crippen molar-refractivity contribution >= 4 is 46.5 Å². The molecule has 4 aromatic carbocycles. The van der Waals surface area contributed by atoms with E-state index in [2.05, 4.69) is 165 Å². The molecule has 37 heteroatoms. The van der Waals surface area contributed by atoms with Gasteiger partial charge in [-0.15, -0.1) is 0 Å². The number of methoxy groups -OCH3 is 4. The normalized spacial score (nSPS) is 17.4. The van der Waals surface area contributed by atoms with Gasteiger partial charge in [-0.25, -0.2) is 39.9 Å². The Morgan fingerprint density at radius 3 is 0.919 bits per heavy atom. The third-order valence-electron chi connectivity index (χ3n) is 27.6. The van der Waals surface area contributed by atoms with Crippen molar-refractivity contribution in [2.24, 2.45) is 0 Å². The zero-order valence-corrected chi connectivity index (χ0v) is 84.8. The van der Waals surface area contributed by atoms with E-state index in [1.54, 1.807) is 52.7 Å². The smallest absolute Gasteiger partial charge is 0.219 e. The first-order valence-corrected chi connectivity index (χ1v) is 50.8.